The molecule has 1 aliphatic heterocycles. The summed E-state index contributed by atoms with van der Waals surface area (Å²) in [6.45, 7) is 8.64. The second-order valence-electron chi connectivity index (χ2n) is 4.61. The number of piperazine rings is 1. The zero-order valence-electron chi connectivity index (χ0n) is 11.0. The molecule has 0 aromatic heterocycles. The highest BCUT2D eigenvalue weighted by molar-refractivity contribution is 5.27. The van der Waals surface area contributed by atoms with Crippen LogP contribution in [0.25, 0.3) is 0 Å². The summed E-state index contributed by atoms with van der Waals surface area (Å²) in [6, 6.07) is 8.25. The average Bonchev–Trinajstić information content (AvgIpc) is 2.36. The molecule has 102 valence electrons. The van der Waals surface area contributed by atoms with Crippen molar-refractivity contribution >= 4 is 0 Å². The van der Waals surface area contributed by atoms with Gasteiger partial charge in [0.2, 0.25) is 0 Å². The van der Waals surface area contributed by atoms with Crippen molar-refractivity contribution in [1.82, 2.24) is 10.2 Å². The highest BCUT2D eigenvalue weighted by atomic mass is 35.5. The van der Waals surface area contributed by atoms with Crippen LogP contribution in [0.4, 0.5) is 0 Å². The van der Waals surface area contributed by atoms with Gasteiger partial charge in [-0.3, -0.25) is 0 Å². The Morgan fingerprint density at radius 2 is 2.06 bits per heavy atom. The van der Waals surface area contributed by atoms with Gasteiger partial charge in [-0.1, -0.05) is 12.1 Å². The van der Waals surface area contributed by atoms with Gasteiger partial charge in [-0.15, -0.1) is 0 Å². The number of halogens is 1. The van der Waals surface area contributed by atoms with E-state index in [2.05, 4.69) is 29.3 Å². The minimum absolute atomic E-state index is 0. The molecule has 0 spiro atoms. The van der Waals surface area contributed by atoms with E-state index >= 15 is 0 Å². The second kappa shape index (κ2) is 8.35. The molecule has 1 aromatic carbocycles. The predicted molar refractivity (Wildman–Crippen MR) is 70.6 cm³/mol. The lowest BCUT2D eigenvalue weighted by Crippen LogP contribution is -3.00. The molecule has 2 rings (SSSR count). The van der Waals surface area contributed by atoms with Gasteiger partial charge < -0.3 is 27.4 Å². The lowest BCUT2D eigenvalue weighted by molar-refractivity contribution is -0.00000413. The molecule has 3 nitrogen and oxygen atoms in total. The van der Waals surface area contributed by atoms with Crippen molar-refractivity contribution in [2.75, 3.05) is 39.3 Å². The van der Waals surface area contributed by atoms with E-state index in [1.54, 1.807) is 0 Å². The SMILES string of the molecule is Cc1cccc(OCCCN2CCNCC2)c1.[Cl-]. The Morgan fingerprint density at radius 1 is 1.28 bits per heavy atom. The fourth-order valence-corrected chi connectivity index (χ4v) is 2.12. The minimum atomic E-state index is 0. The highest BCUT2D eigenvalue weighted by Crippen LogP contribution is 2.12. The molecule has 1 saturated heterocycles. The zero-order valence-corrected chi connectivity index (χ0v) is 11.7. The number of benzene rings is 1. The van der Waals surface area contributed by atoms with Crippen LogP contribution in [0.3, 0.4) is 0 Å². The molecule has 1 heterocycles. The monoisotopic (exact) mass is 269 g/mol. The molecule has 1 aliphatic rings. The quantitative estimate of drug-likeness (QED) is 0.671. The molecule has 1 aromatic rings. The Labute approximate surface area is 116 Å². The molecule has 18 heavy (non-hydrogen) atoms. The van der Waals surface area contributed by atoms with E-state index in [0.29, 0.717) is 0 Å². The molecule has 0 saturated carbocycles. The number of nitrogens with zero attached hydrogens (tertiary/aromatic N) is 1. The van der Waals surface area contributed by atoms with Crippen LogP contribution >= 0.6 is 0 Å². The van der Waals surface area contributed by atoms with Crippen LogP contribution in [0.1, 0.15) is 12.0 Å². The standard InChI is InChI=1S/C14H22N2O.ClH/c1-13-4-2-5-14(12-13)17-11-3-8-16-9-6-15-7-10-16;/h2,4-5,12,15H,3,6-11H2,1H3;1H/p-1. The molecule has 0 bridgehead atoms. The fraction of sp³-hybridized carbons (Fsp3) is 0.571. The highest BCUT2D eigenvalue weighted by Gasteiger charge is 2.08. The summed E-state index contributed by atoms with van der Waals surface area (Å²) >= 11 is 0. The van der Waals surface area contributed by atoms with Gasteiger partial charge in [0.1, 0.15) is 5.75 Å². The molecule has 0 aliphatic carbocycles. The second-order valence-corrected chi connectivity index (χ2v) is 4.61. The maximum atomic E-state index is 5.74. The summed E-state index contributed by atoms with van der Waals surface area (Å²) in [7, 11) is 0. The van der Waals surface area contributed by atoms with Gasteiger partial charge in [0.25, 0.3) is 0 Å². The van der Waals surface area contributed by atoms with Crippen molar-refractivity contribution in [2.45, 2.75) is 13.3 Å². The molecule has 1 fully saturated rings. The van der Waals surface area contributed by atoms with Crippen LogP contribution < -0.4 is 22.5 Å². The van der Waals surface area contributed by atoms with E-state index in [4.69, 9.17) is 4.74 Å². The van der Waals surface area contributed by atoms with Crippen molar-refractivity contribution in [3.05, 3.63) is 29.8 Å². The van der Waals surface area contributed by atoms with Gasteiger partial charge in [0.15, 0.2) is 0 Å². The van der Waals surface area contributed by atoms with Crippen molar-refractivity contribution in [3.8, 4) is 5.75 Å². The minimum Gasteiger partial charge on any atom is -1.00 e. The normalized spacial score (nSPS) is 16.1. The summed E-state index contributed by atoms with van der Waals surface area (Å²) in [4.78, 5) is 2.50. The van der Waals surface area contributed by atoms with Crippen LogP contribution in [-0.4, -0.2) is 44.2 Å². The van der Waals surface area contributed by atoms with Crippen molar-refractivity contribution in [2.24, 2.45) is 0 Å². The first-order chi connectivity index (χ1) is 8.34. The first-order valence-corrected chi connectivity index (χ1v) is 6.47. The van der Waals surface area contributed by atoms with Gasteiger partial charge in [-0.05, 0) is 31.0 Å². The van der Waals surface area contributed by atoms with Crippen LogP contribution in [0.5, 0.6) is 5.75 Å². The van der Waals surface area contributed by atoms with Crippen LogP contribution in [-0.2, 0) is 0 Å². The zero-order chi connectivity index (χ0) is 11.9. The Morgan fingerprint density at radius 3 is 2.78 bits per heavy atom. The van der Waals surface area contributed by atoms with Crippen LogP contribution in [0, 0.1) is 6.92 Å². The van der Waals surface area contributed by atoms with Crippen LogP contribution in [0.2, 0.25) is 0 Å². The van der Waals surface area contributed by atoms with Gasteiger partial charge in [0, 0.05) is 32.7 Å². The van der Waals surface area contributed by atoms with Gasteiger partial charge in [0.05, 0.1) is 6.61 Å². The number of aryl methyl sites for hydroxylation is 1. The molecular formula is C14H22ClN2O-. The smallest absolute Gasteiger partial charge is 0.119 e. The number of ether oxygens (including phenoxy) is 1. The van der Waals surface area contributed by atoms with Crippen molar-refractivity contribution in [1.29, 1.82) is 0 Å². The van der Waals surface area contributed by atoms with Gasteiger partial charge >= 0.3 is 0 Å². The van der Waals surface area contributed by atoms with Crippen molar-refractivity contribution < 1.29 is 17.1 Å². The maximum Gasteiger partial charge on any atom is 0.119 e. The average molecular weight is 270 g/mol. The molecule has 0 radical (unpaired) electrons. The molecule has 1 N–H and O–H groups in total. The summed E-state index contributed by atoms with van der Waals surface area (Å²) in [5.41, 5.74) is 1.25. The molecule has 0 unspecified atom stereocenters. The Kier molecular flexibility index (Phi) is 7.09. The lowest BCUT2D eigenvalue weighted by Gasteiger charge is -2.26. The molecule has 0 amide bonds. The largest absolute Gasteiger partial charge is 1.00 e. The summed E-state index contributed by atoms with van der Waals surface area (Å²) in [5, 5.41) is 3.36. The maximum absolute atomic E-state index is 5.74. The molecular weight excluding hydrogens is 248 g/mol. The van der Waals surface area contributed by atoms with E-state index in [1.807, 2.05) is 12.1 Å². The Hall–Kier alpha value is -0.770. The fourth-order valence-electron chi connectivity index (χ4n) is 2.12. The van der Waals surface area contributed by atoms with E-state index < -0.39 is 0 Å². The topological polar surface area (TPSA) is 24.5 Å². The van der Waals surface area contributed by atoms with E-state index in [9.17, 15) is 0 Å². The predicted octanol–water partition coefficient (Wildman–Crippen LogP) is -1.33. The number of hydrogen-bond donors (Lipinski definition) is 1. The lowest BCUT2D eigenvalue weighted by atomic mass is 10.2. The third kappa shape index (κ3) is 5.25. The third-order valence-electron chi connectivity index (χ3n) is 3.09. The van der Waals surface area contributed by atoms with E-state index in [0.717, 1.165) is 38.4 Å². The summed E-state index contributed by atoms with van der Waals surface area (Å²) < 4.78 is 5.74. The Balaban J connectivity index is 0.00000162. The number of hydrogen-bond acceptors (Lipinski definition) is 3. The van der Waals surface area contributed by atoms with Gasteiger partial charge in [-0.2, -0.15) is 0 Å². The van der Waals surface area contributed by atoms with Crippen molar-refractivity contribution in [3.63, 3.8) is 0 Å². The van der Waals surface area contributed by atoms with E-state index in [-0.39, 0.29) is 12.4 Å². The summed E-state index contributed by atoms with van der Waals surface area (Å²) in [6.07, 6.45) is 1.11. The Bertz CT molecular complexity index is 340. The summed E-state index contributed by atoms with van der Waals surface area (Å²) in [5.74, 6) is 0.991. The molecule has 0 atom stereocenters. The number of rotatable bonds is 5. The first kappa shape index (κ1) is 15.3. The first-order valence-electron chi connectivity index (χ1n) is 6.47. The van der Waals surface area contributed by atoms with E-state index in [1.165, 1.54) is 18.7 Å². The third-order valence-corrected chi connectivity index (χ3v) is 3.09. The van der Waals surface area contributed by atoms with Gasteiger partial charge in [-0.25, -0.2) is 0 Å². The number of nitrogens with one attached hydrogen (secondary N) is 1. The van der Waals surface area contributed by atoms with Crippen LogP contribution in [0.15, 0.2) is 24.3 Å². The molecule has 4 heteroatoms.